The van der Waals surface area contributed by atoms with Crippen LogP contribution in [-0.4, -0.2) is 10.5 Å². The number of nitrogens with zero attached hydrogens (tertiary/aromatic N) is 1. The van der Waals surface area contributed by atoms with Crippen LogP contribution in [0.1, 0.15) is 23.0 Å². The lowest BCUT2D eigenvalue weighted by Crippen LogP contribution is -2.11. The quantitative estimate of drug-likeness (QED) is 0.840. The third-order valence-corrected chi connectivity index (χ3v) is 2.68. The van der Waals surface area contributed by atoms with Gasteiger partial charge in [0.25, 0.3) is 0 Å². The first kappa shape index (κ1) is 12.2. The smallest absolute Gasteiger partial charge is 0.355 e. The molecule has 0 unspecified atom stereocenters. The van der Waals surface area contributed by atoms with Crippen molar-refractivity contribution in [2.75, 3.05) is 5.73 Å². The first-order valence-corrected chi connectivity index (χ1v) is 5.87. The van der Waals surface area contributed by atoms with Crippen molar-refractivity contribution in [3.63, 3.8) is 0 Å². The molecule has 1 heterocycles. The van der Waals surface area contributed by atoms with E-state index in [2.05, 4.69) is 0 Å². The van der Waals surface area contributed by atoms with Crippen molar-refractivity contribution in [3.8, 4) is 0 Å². The Morgan fingerprint density at radius 1 is 1.33 bits per heavy atom. The molecule has 0 aliphatic heterocycles. The monoisotopic (exact) mass is 244 g/mol. The number of carbonyl (C=O) groups excluding carboxylic acids is 1. The molecule has 0 atom stereocenters. The number of aryl methyl sites for hydroxylation is 1. The third kappa shape index (κ3) is 2.71. The summed E-state index contributed by atoms with van der Waals surface area (Å²) in [6.45, 7) is 2.91. The molecule has 0 amide bonds. The van der Waals surface area contributed by atoms with Gasteiger partial charge in [-0.25, -0.2) is 4.79 Å². The number of esters is 1. The molecule has 0 bridgehead atoms. The zero-order valence-corrected chi connectivity index (χ0v) is 10.3. The molecule has 1 aromatic carbocycles. The summed E-state index contributed by atoms with van der Waals surface area (Å²) in [6.07, 6.45) is 1.74. The summed E-state index contributed by atoms with van der Waals surface area (Å²) in [4.78, 5) is 11.9. The van der Waals surface area contributed by atoms with Crippen LogP contribution in [0, 0.1) is 0 Å². The van der Waals surface area contributed by atoms with Crippen molar-refractivity contribution in [3.05, 3.63) is 53.9 Å². The summed E-state index contributed by atoms with van der Waals surface area (Å²) in [7, 11) is 0. The summed E-state index contributed by atoms with van der Waals surface area (Å²) in [5.74, 6) is -0.350. The van der Waals surface area contributed by atoms with Crippen LogP contribution in [-0.2, 0) is 17.9 Å². The lowest BCUT2D eigenvalue weighted by molar-refractivity contribution is 0.0460. The lowest BCUT2D eigenvalue weighted by Gasteiger charge is -2.07. The van der Waals surface area contributed by atoms with Crippen LogP contribution in [0.2, 0.25) is 0 Å². The van der Waals surface area contributed by atoms with Crippen molar-refractivity contribution in [1.29, 1.82) is 0 Å². The Balaban J connectivity index is 2.04. The Labute approximate surface area is 106 Å². The highest BCUT2D eigenvalue weighted by molar-refractivity contribution is 5.89. The van der Waals surface area contributed by atoms with Gasteiger partial charge in [0, 0.05) is 12.7 Å². The van der Waals surface area contributed by atoms with E-state index in [1.165, 1.54) is 0 Å². The molecule has 4 heteroatoms. The predicted molar refractivity (Wildman–Crippen MR) is 70.1 cm³/mol. The first-order chi connectivity index (χ1) is 8.70. The highest BCUT2D eigenvalue weighted by atomic mass is 16.5. The molecule has 0 saturated heterocycles. The largest absolute Gasteiger partial charge is 0.456 e. The summed E-state index contributed by atoms with van der Waals surface area (Å²) in [5, 5.41) is 0. The molecule has 1 aromatic heterocycles. The van der Waals surface area contributed by atoms with Crippen LogP contribution in [0.4, 0.5) is 5.69 Å². The molecule has 0 saturated carbocycles. The molecule has 0 aliphatic carbocycles. The van der Waals surface area contributed by atoms with Gasteiger partial charge in [-0.2, -0.15) is 0 Å². The second kappa shape index (κ2) is 5.40. The number of carbonyl (C=O) groups is 1. The molecule has 0 fully saturated rings. The van der Waals surface area contributed by atoms with E-state index in [9.17, 15) is 4.79 Å². The average Bonchev–Trinajstić information content (AvgIpc) is 2.78. The molecule has 2 N–H and O–H groups in total. The van der Waals surface area contributed by atoms with E-state index in [0.717, 1.165) is 5.56 Å². The molecular weight excluding hydrogens is 228 g/mol. The van der Waals surface area contributed by atoms with Crippen molar-refractivity contribution in [2.24, 2.45) is 0 Å². The number of rotatable bonds is 4. The van der Waals surface area contributed by atoms with Crippen LogP contribution < -0.4 is 5.73 Å². The number of ether oxygens (including phenoxy) is 1. The normalized spacial score (nSPS) is 10.3. The van der Waals surface area contributed by atoms with Gasteiger partial charge in [-0.05, 0) is 18.6 Å². The van der Waals surface area contributed by atoms with Crippen LogP contribution in [0.5, 0.6) is 0 Å². The fourth-order valence-electron chi connectivity index (χ4n) is 1.76. The van der Waals surface area contributed by atoms with Crippen molar-refractivity contribution < 1.29 is 9.53 Å². The maximum absolute atomic E-state index is 11.9. The molecule has 94 valence electrons. The van der Waals surface area contributed by atoms with Crippen LogP contribution in [0.3, 0.4) is 0 Å². The average molecular weight is 244 g/mol. The van der Waals surface area contributed by atoms with Gasteiger partial charge in [-0.1, -0.05) is 30.3 Å². The fraction of sp³-hybridized carbons (Fsp3) is 0.214. The van der Waals surface area contributed by atoms with E-state index in [0.29, 0.717) is 17.9 Å². The van der Waals surface area contributed by atoms with Gasteiger partial charge < -0.3 is 15.0 Å². The summed E-state index contributed by atoms with van der Waals surface area (Å²) in [6, 6.07) is 11.2. The van der Waals surface area contributed by atoms with Crippen molar-refractivity contribution in [1.82, 2.24) is 4.57 Å². The molecule has 0 aliphatic rings. The predicted octanol–water partition coefficient (Wildman–Crippen LogP) is 2.45. The Bertz CT molecular complexity index is 532. The number of nitrogen functional groups attached to an aromatic ring is 1. The third-order valence-electron chi connectivity index (χ3n) is 2.68. The van der Waals surface area contributed by atoms with Crippen LogP contribution >= 0.6 is 0 Å². The Kier molecular flexibility index (Phi) is 3.67. The van der Waals surface area contributed by atoms with E-state index >= 15 is 0 Å². The van der Waals surface area contributed by atoms with Crippen molar-refractivity contribution >= 4 is 11.7 Å². The minimum Gasteiger partial charge on any atom is -0.456 e. The number of aromatic nitrogens is 1. The van der Waals surface area contributed by atoms with E-state index in [1.807, 2.05) is 37.3 Å². The van der Waals surface area contributed by atoms with Gasteiger partial charge in [0.05, 0.1) is 5.69 Å². The summed E-state index contributed by atoms with van der Waals surface area (Å²) >= 11 is 0. The summed E-state index contributed by atoms with van der Waals surface area (Å²) < 4.78 is 7.04. The number of hydrogen-bond acceptors (Lipinski definition) is 3. The second-order valence-corrected chi connectivity index (χ2v) is 4.01. The van der Waals surface area contributed by atoms with Crippen LogP contribution in [0.15, 0.2) is 42.6 Å². The maximum Gasteiger partial charge on any atom is 0.355 e. The Hall–Kier alpha value is -2.23. The molecule has 4 nitrogen and oxygen atoms in total. The summed E-state index contributed by atoms with van der Waals surface area (Å²) in [5.41, 5.74) is 7.70. The van der Waals surface area contributed by atoms with Gasteiger partial charge in [-0.15, -0.1) is 0 Å². The Morgan fingerprint density at radius 3 is 2.72 bits per heavy atom. The topological polar surface area (TPSA) is 57.2 Å². The van der Waals surface area contributed by atoms with Gasteiger partial charge in [0.1, 0.15) is 12.3 Å². The zero-order valence-electron chi connectivity index (χ0n) is 10.3. The number of benzene rings is 1. The lowest BCUT2D eigenvalue weighted by atomic mass is 10.2. The van der Waals surface area contributed by atoms with Crippen LogP contribution in [0.25, 0.3) is 0 Å². The minimum absolute atomic E-state index is 0.272. The van der Waals surface area contributed by atoms with Gasteiger partial charge >= 0.3 is 5.97 Å². The molecule has 2 rings (SSSR count). The molecule has 18 heavy (non-hydrogen) atoms. The van der Waals surface area contributed by atoms with E-state index < -0.39 is 0 Å². The first-order valence-electron chi connectivity index (χ1n) is 5.87. The minimum atomic E-state index is -0.350. The van der Waals surface area contributed by atoms with Gasteiger partial charge in [-0.3, -0.25) is 0 Å². The fourth-order valence-corrected chi connectivity index (χ4v) is 1.76. The zero-order chi connectivity index (χ0) is 13.0. The molecule has 0 spiro atoms. The van der Waals surface area contributed by atoms with Gasteiger partial charge in [0.15, 0.2) is 0 Å². The van der Waals surface area contributed by atoms with Gasteiger partial charge in [0.2, 0.25) is 0 Å². The van der Waals surface area contributed by atoms with E-state index in [1.54, 1.807) is 16.8 Å². The Morgan fingerprint density at radius 2 is 2.06 bits per heavy atom. The van der Waals surface area contributed by atoms with Crippen molar-refractivity contribution in [2.45, 2.75) is 20.1 Å². The second-order valence-electron chi connectivity index (χ2n) is 4.01. The highest BCUT2D eigenvalue weighted by Gasteiger charge is 2.13. The molecular formula is C14H16N2O2. The maximum atomic E-state index is 11.9. The van der Waals surface area contributed by atoms with E-state index in [-0.39, 0.29) is 12.6 Å². The molecule has 0 radical (unpaired) electrons. The number of hydrogen-bond donors (Lipinski definition) is 1. The number of anilines is 1. The highest BCUT2D eigenvalue weighted by Crippen LogP contribution is 2.13. The van der Waals surface area contributed by atoms with E-state index in [4.69, 9.17) is 10.5 Å². The molecule has 2 aromatic rings. The SMILES string of the molecule is CCn1cc(N)cc1C(=O)OCc1ccccc1. The number of nitrogens with two attached hydrogens (primary N) is 1. The standard InChI is InChI=1S/C14H16N2O2/c1-2-16-9-12(15)8-13(16)14(17)18-10-11-6-4-3-5-7-11/h3-9H,2,10,15H2,1H3.